The molecule has 4 rings (SSSR count). The summed E-state index contributed by atoms with van der Waals surface area (Å²) in [7, 11) is 1.61. The van der Waals surface area contributed by atoms with Gasteiger partial charge in [0, 0.05) is 26.1 Å². The Labute approximate surface area is 228 Å². The molecule has 1 heterocycles. The van der Waals surface area contributed by atoms with E-state index in [0.29, 0.717) is 24.1 Å². The van der Waals surface area contributed by atoms with Crippen molar-refractivity contribution in [3.05, 3.63) is 101 Å². The topological polar surface area (TPSA) is 108 Å². The number of amides is 3. The first kappa shape index (κ1) is 28.8. The van der Waals surface area contributed by atoms with Crippen LogP contribution >= 0.6 is 12.4 Å². The molecule has 2 atom stereocenters. The summed E-state index contributed by atoms with van der Waals surface area (Å²) in [6, 6.07) is 23.3. The van der Waals surface area contributed by atoms with Gasteiger partial charge >= 0.3 is 0 Å². The van der Waals surface area contributed by atoms with E-state index in [4.69, 9.17) is 4.74 Å². The van der Waals surface area contributed by atoms with Crippen LogP contribution in [0.3, 0.4) is 0 Å². The Morgan fingerprint density at radius 3 is 2.21 bits per heavy atom. The lowest BCUT2D eigenvalue weighted by atomic mass is 10.0. The van der Waals surface area contributed by atoms with Gasteiger partial charge in [-0.15, -0.1) is 12.4 Å². The summed E-state index contributed by atoms with van der Waals surface area (Å²) in [4.78, 5) is 39.1. The molecule has 0 saturated carbocycles. The Balaban J connectivity index is 0.00000400. The number of fused-ring (bicyclic) bond motifs is 1. The summed E-state index contributed by atoms with van der Waals surface area (Å²) in [5.41, 5.74) is 2.69. The standard InChI is InChI=1S/C29H31N3O5.ClH/c1-37-22-11-7-10-21(16-22)18-30-19-26(33)25(17-20-8-3-2-4-9-20)31-27(34)14-15-32-28(35)23-12-5-6-13-24(23)29(32)36;/h2-13,16,25-26,30,33H,14-15,17-19H2,1H3,(H,31,34);1H/t25-,26+;/m0./s1. The number of hydrogen-bond donors (Lipinski definition) is 3. The maximum Gasteiger partial charge on any atom is 0.261 e. The maximum absolute atomic E-state index is 12.9. The van der Waals surface area contributed by atoms with E-state index in [2.05, 4.69) is 10.6 Å². The van der Waals surface area contributed by atoms with Crippen molar-refractivity contribution in [2.45, 2.75) is 31.5 Å². The number of halogens is 1. The SMILES string of the molecule is COc1cccc(CNC[C@@H](O)[C@H](Cc2ccccc2)NC(=O)CCN2C(=O)c3ccccc3C2=O)c1.Cl. The molecule has 3 aromatic rings. The van der Waals surface area contributed by atoms with Gasteiger partial charge in [0.25, 0.3) is 11.8 Å². The average Bonchev–Trinajstić information content (AvgIpc) is 3.17. The molecular formula is C29H32ClN3O5. The lowest BCUT2D eigenvalue weighted by molar-refractivity contribution is -0.122. The Morgan fingerprint density at radius 2 is 1.55 bits per heavy atom. The second kappa shape index (κ2) is 13.7. The third-order valence-corrected chi connectivity index (χ3v) is 6.37. The molecule has 0 saturated heterocycles. The summed E-state index contributed by atoms with van der Waals surface area (Å²) < 4.78 is 5.25. The number of nitrogens with one attached hydrogen (secondary N) is 2. The van der Waals surface area contributed by atoms with Crippen molar-refractivity contribution in [1.82, 2.24) is 15.5 Å². The molecule has 0 fully saturated rings. The van der Waals surface area contributed by atoms with Crippen molar-refractivity contribution in [3.63, 3.8) is 0 Å². The predicted molar refractivity (Wildman–Crippen MR) is 146 cm³/mol. The molecule has 0 aliphatic carbocycles. The van der Waals surface area contributed by atoms with Crippen LogP contribution in [0.1, 0.15) is 38.3 Å². The molecule has 0 aromatic heterocycles. The second-order valence-corrected chi connectivity index (χ2v) is 8.97. The Hall–Kier alpha value is -3.72. The van der Waals surface area contributed by atoms with Gasteiger partial charge in [-0.25, -0.2) is 0 Å². The number of hydrogen-bond acceptors (Lipinski definition) is 6. The van der Waals surface area contributed by atoms with E-state index in [1.54, 1.807) is 31.4 Å². The molecule has 3 N–H and O–H groups in total. The lowest BCUT2D eigenvalue weighted by Gasteiger charge is -2.25. The van der Waals surface area contributed by atoms with Gasteiger partial charge in [-0.3, -0.25) is 19.3 Å². The highest BCUT2D eigenvalue weighted by Crippen LogP contribution is 2.22. The van der Waals surface area contributed by atoms with Crippen LogP contribution in [-0.4, -0.2) is 60.1 Å². The molecule has 0 bridgehead atoms. The van der Waals surface area contributed by atoms with Crippen LogP contribution in [0, 0.1) is 0 Å². The van der Waals surface area contributed by atoms with Crippen molar-refractivity contribution in [1.29, 1.82) is 0 Å². The summed E-state index contributed by atoms with van der Waals surface area (Å²) in [6.45, 7) is 0.758. The predicted octanol–water partition coefficient (Wildman–Crippen LogP) is 2.98. The zero-order valence-corrected chi connectivity index (χ0v) is 21.9. The van der Waals surface area contributed by atoms with Crippen LogP contribution in [0.2, 0.25) is 0 Å². The van der Waals surface area contributed by atoms with Crippen LogP contribution in [0.4, 0.5) is 0 Å². The Morgan fingerprint density at radius 1 is 0.921 bits per heavy atom. The highest BCUT2D eigenvalue weighted by molar-refractivity contribution is 6.21. The smallest absolute Gasteiger partial charge is 0.261 e. The van der Waals surface area contributed by atoms with Crippen molar-refractivity contribution in [2.24, 2.45) is 0 Å². The summed E-state index contributed by atoms with van der Waals surface area (Å²) in [5, 5.41) is 17.1. The fraction of sp³-hybridized carbons (Fsp3) is 0.276. The normalized spacial score (nSPS) is 13.9. The lowest BCUT2D eigenvalue weighted by Crippen LogP contribution is -2.49. The minimum Gasteiger partial charge on any atom is -0.497 e. The number of carbonyl (C=O) groups is 3. The molecule has 8 nitrogen and oxygen atoms in total. The van der Waals surface area contributed by atoms with Gasteiger partial charge in [0.1, 0.15) is 5.75 Å². The summed E-state index contributed by atoms with van der Waals surface area (Å²) >= 11 is 0. The van der Waals surface area contributed by atoms with Gasteiger partial charge in [-0.05, 0) is 41.8 Å². The third-order valence-electron chi connectivity index (χ3n) is 6.37. The van der Waals surface area contributed by atoms with E-state index in [-0.39, 0.29) is 37.8 Å². The van der Waals surface area contributed by atoms with Crippen LogP contribution < -0.4 is 15.4 Å². The molecule has 1 aliphatic rings. The minimum atomic E-state index is -0.867. The quantitative estimate of drug-likeness (QED) is 0.307. The number of imide groups is 1. The number of rotatable bonds is 12. The monoisotopic (exact) mass is 537 g/mol. The Kier molecular flexibility index (Phi) is 10.4. The maximum atomic E-state index is 12.9. The number of benzene rings is 3. The largest absolute Gasteiger partial charge is 0.497 e. The molecular weight excluding hydrogens is 506 g/mol. The van der Waals surface area contributed by atoms with E-state index < -0.39 is 24.0 Å². The van der Waals surface area contributed by atoms with Gasteiger partial charge < -0.3 is 20.5 Å². The van der Waals surface area contributed by atoms with Crippen molar-refractivity contribution < 1.29 is 24.2 Å². The van der Waals surface area contributed by atoms with Crippen LogP contribution in [0.25, 0.3) is 0 Å². The first-order valence-corrected chi connectivity index (χ1v) is 12.3. The molecule has 9 heteroatoms. The van der Waals surface area contributed by atoms with Crippen molar-refractivity contribution in [2.75, 3.05) is 20.2 Å². The van der Waals surface area contributed by atoms with Gasteiger partial charge in [0.05, 0.1) is 30.4 Å². The number of methoxy groups -OCH3 is 1. The Bertz CT molecular complexity index is 1220. The van der Waals surface area contributed by atoms with Gasteiger partial charge in [0.15, 0.2) is 0 Å². The van der Waals surface area contributed by atoms with E-state index in [9.17, 15) is 19.5 Å². The highest BCUT2D eigenvalue weighted by atomic mass is 35.5. The highest BCUT2D eigenvalue weighted by Gasteiger charge is 2.35. The first-order chi connectivity index (χ1) is 18.0. The number of nitrogens with zero attached hydrogens (tertiary/aromatic N) is 1. The first-order valence-electron chi connectivity index (χ1n) is 12.3. The summed E-state index contributed by atoms with van der Waals surface area (Å²) in [6.07, 6.45) is -0.489. The molecule has 1 aliphatic heterocycles. The molecule has 3 amide bonds. The summed E-state index contributed by atoms with van der Waals surface area (Å²) in [5.74, 6) is -0.372. The van der Waals surface area contributed by atoms with Gasteiger partial charge in [-0.2, -0.15) is 0 Å². The van der Waals surface area contributed by atoms with Crippen LogP contribution in [-0.2, 0) is 17.8 Å². The van der Waals surface area contributed by atoms with Crippen LogP contribution in [0.15, 0.2) is 78.9 Å². The molecule has 3 aromatic carbocycles. The second-order valence-electron chi connectivity index (χ2n) is 8.97. The minimum absolute atomic E-state index is 0. The fourth-order valence-corrected chi connectivity index (χ4v) is 4.37. The molecule has 0 spiro atoms. The fourth-order valence-electron chi connectivity index (χ4n) is 4.37. The molecule has 38 heavy (non-hydrogen) atoms. The van der Waals surface area contributed by atoms with Crippen LogP contribution in [0.5, 0.6) is 5.75 Å². The van der Waals surface area contributed by atoms with E-state index in [0.717, 1.165) is 21.8 Å². The number of aliphatic hydroxyl groups is 1. The molecule has 0 radical (unpaired) electrons. The van der Waals surface area contributed by atoms with E-state index >= 15 is 0 Å². The third kappa shape index (κ3) is 7.19. The molecule has 0 unspecified atom stereocenters. The van der Waals surface area contributed by atoms with Gasteiger partial charge in [0.2, 0.25) is 5.91 Å². The average molecular weight is 538 g/mol. The number of aliphatic hydroxyl groups excluding tert-OH is 1. The zero-order valence-electron chi connectivity index (χ0n) is 21.1. The van der Waals surface area contributed by atoms with Crippen molar-refractivity contribution in [3.8, 4) is 5.75 Å². The van der Waals surface area contributed by atoms with Gasteiger partial charge in [-0.1, -0.05) is 54.6 Å². The molecule has 200 valence electrons. The van der Waals surface area contributed by atoms with E-state index in [1.165, 1.54) is 0 Å². The number of carbonyl (C=O) groups excluding carboxylic acids is 3. The zero-order chi connectivity index (χ0) is 26.2. The number of ether oxygens (including phenoxy) is 1. The van der Waals surface area contributed by atoms with E-state index in [1.807, 2.05) is 54.6 Å². The van der Waals surface area contributed by atoms with Crippen molar-refractivity contribution >= 4 is 30.1 Å².